The minimum Gasteiger partial charge on any atom is -0.383 e. The first-order chi connectivity index (χ1) is 12.6. The van der Waals surface area contributed by atoms with Crippen LogP contribution in [0, 0.1) is 0 Å². The van der Waals surface area contributed by atoms with Gasteiger partial charge in [0.1, 0.15) is 0 Å². The Morgan fingerprint density at radius 3 is 2.50 bits per heavy atom. The van der Waals surface area contributed by atoms with Crippen LogP contribution in [0.5, 0.6) is 0 Å². The molecule has 5 nitrogen and oxygen atoms in total. The van der Waals surface area contributed by atoms with Gasteiger partial charge >= 0.3 is 0 Å². The van der Waals surface area contributed by atoms with Crippen LogP contribution in [0.25, 0.3) is 0 Å². The van der Waals surface area contributed by atoms with E-state index < -0.39 is 0 Å². The Morgan fingerprint density at radius 1 is 1.08 bits per heavy atom. The lowest BCUT2D eigenvalue weighted by molar-refractivity contribution is -0.120. The third-order valence-electron chi connectivity index (χ3n) is 3.64. The molecule has 0 heterocycles. The van der Waals surface area contributed by atoms with E-state index in [1.54, 1.807) is 18.9 Å². The van der Waals surface area contributed by atoms with Crippen molar-refractivity contribution in [3.8, 4) is 0 Å². The molecule has 0 atom stereocenters. The molecular weight excluding hydrogens is 348 g/mol. The molecule has 0 saturated carbocycles. The lowest BCUT2D eigenvalue weighted by Crippen LogP contribution is -2.28. The molecule has 0 saturated heterocycles. The Labute approximate surface area is 158 Å². The van der Waals surface area contributed by atoms with Crippen LogP contribution < -0.4 is 10.6 Å². The Hall–Kier alpha value is -2.31. The zero-order valence-electron chi connectivity index (χ0n) is 15.1. The van der Waals surface area contributed by atoms with Crippen molar-refractivity contribution in [3.05, 3.63) is 59.7 Å². The molecule has 0 aromatic heterocycles. The molecule has 2 amide bonds. The van der Waals surface area contributed by atoms with Gasteiger partial charge in [0.05, 0.1) is 18.6 Å². The quantitative estimate of drug-likeness (QED) is 0.523. The topological polar surface area (TPSA) is 67.4 Å². The monoisotopic (exact) mass is 372 g/mol. The summed E-state index contributed by atoms with van der Waals surface area (Å²) in [6.45, 7) is 3.05. The van der Waals surface area contributed by atoms with Crippen LogP contribution in [0.4, 0.5) is 5.69 Å². The van der Waals surface area contributed by atoms with Gasteiger partial charge in [-0.25, -0.2) is 0 Å². The van der Waals surface area contributed by atoms with Crippen LogP contribution in [0.15, 0.2) is 53.4 Å². The molecule has 0 unspecified atom stereocenters. The molecule has 26 heavy (non-hydrogen) atoms. The zero-order valence-corrected chi connectivity index (χ0v) is 15.9. The third kappa shape index (κ3) is 6.20. The molecule has 2 N–H and O–H groups in total. The maximum absolute atomic E-state index is 12.5. The summed E-state index contributed by atoms with van der Waals surface area (Å²) in [4.78, 5) is 25.3. The summed E-state index contributed by atoms with van der Waals surface area (Å²) in [7, 11) is 1.60. The summed E-state index contributed by atoms with van der Waals surface area (Å²) >= 11 is 1.64. The van der Waals surface area contributed by atoms with Gasteiger partial charge in [-0.3, -0.25) is 9.59 Å². The minimum atomic E-state index is -0.133. The van der Waals surface area contributed by atoms with E-state index in [1.165, 1.54) is 0 Å². The van der Waals surface area contributed by atoms with Gasteiger partial charge in [0.25, 0.3) is 5.91 Å². The van der Waals surface area contributed by atoms with Crippen molar-refractivity contribution < 1.29 is 14.3 Å². The first kappa shape index (κ1) is 20.0. The summed E-state index contributed by atoms with van der Waals surface area (Å²) in [6, 6.07) is 14.9. The van der Waals surface area contributed by atoms with E-state index in [4.69, 9.17) is 4.74 Å². The predicted octanol–water partition coefficient (Wildman–Crippen LogP) is 3.36. The number of nitrogens with one attached hydrogen (secondary N) is 2. The third-order valence-corrected chi connectivity index (χ3v) is 4.59. The minimum absolute atomic E-state index is 0.0515. The molecule has 0 bridgehead atoms. The molecule has 0 aliphatic carbocycles. The zero-order chi connectivity index (χ0) is 18.8. The van der Waals surface area contributed by atoms with Crippen LogP contribution in [-0.2, 0) is 16.0 Å². The van der Waals surface area contributed by atoms with Crippen LogP contribution in [0.3, 0.4) is 0 Å². The van der Waals surface area contributed by atoms with Crippen LogP contribution in [-0.4, -0.2) is 37.8 Å². The number of hydrogen-bond acceptors (Lipinski definition) is 4. The highest BCUT2D eigenvalue weighted by Crippen LogP contribution is 2.23. The number of anilines is 1. The fourth-order valence-electron chi connectivity index (χ4n) is 2.38. The molecule has 2 aromatic rings. The fourth-order valence-corrected chi connectivity index (χ4v) is 3.18. The van der Waals surface area contributed by atoms with Crippen molar-refractivity contribution >= 4 is 29.3 Å². The van der Waals surface area contributed by atoms with Crippen LogP contribution >= 0.6 is 11.8 Å². The highest BCUT2D eigenvalue weighted by molar-refractivity contribution is 7.99. The average Bonchev–Trinajstić information content (AvgIpc) is 2.64. The Balaban J connectivity index is 1.94. The number of benzene rings is 2. The lowest BCUT2D eigenvalue weighted by Gasteiger charge is -2.10. The van der Waals surface area contributed by atoms with Crippen molar-refractivity contribution in [3.63, 3.8) is 0 Å². The normalized spacial score (nSPS) is 10.4. The van der Waals surface area contributed by atoms with E-state index in [1.807, 2.05) is 48.5 Å². The smallest absolute Gasteiger partial charge is 0.256 e. The standard InChI is InChI=1S/C20H24N2O3S/c1-3-26-18-7-5-4-6-17(18)20(24)22-16-10-8-15(9-11-16)14-19(23)21-12-13-25-2/h4-11H,3,12-14H2,1-2H3,(H,21,23)(H,22,24). The van der Waals surface area contributed by atoms with Gasteiger partial charge in [-0.1, -0.05) is 31.2 Å². The molecule has 0 aliphatic heterocycles. The van der Waals surface area contributed by atoms with Gasteiger partial charge in [0.2, 0.25) is 5.91 Å². The number of carbonyl (C=O) groups is 2. The molecular formula is C20H24N2O3S. The second-order valence-corrected chi connectivity index (χ2v) is 6.91. The van der Waals surface area contributed by atoms with Crippen molar-refractivity contribution in [1.82, 2.24) is 5.32 Å². The number of hydrogen-bond donors (Lipinski definition) is 2. The van der Waals surface area contributed by atoms with Gasteiger partial charge in [0.15, 0.2) is 0 Å². The summed E-state index contributed by atoms with van der Waals surface area (Å²) in [5, 5.41) is 5.69. The number of thioether (sulfide) groups is 1. The second-order valence-electron chi connectivity index (χ2n) is 5.60. The molecule has 6 heteroatoms. The summed E-state index contributed by atoms with van der Waals surface area (Å²) in [5.74, 6) is 0.724. The van der Waals surface area contributed by atoms with Gasteiger partial charge in [-0.15, -0.1) is 11.8 Å². The maximum Gasteiger partial charge on any atom is 0.256 e. The molecule has 0 radical (unpaired) electrons. The van der Waals surface area contributed by atoms with Gasteiger partial charge in [-0.2, -0.15) is 0 Å². The van der Waals surface area contributed by atoms with E-state index in [9.17, 15) is 9.59 Å². The Morgan fingerprint density at radius 2 is 1.81 bits per heavy atom. The highest BCUT2D eigenvalue weighted by Gasteiger charge is 2.11. The van der Waals surface area contributed by atoms with Gasteiger partial charge in [0, 0.05) is 24.2 Å². The molecule has 138 valence electrons. The predicted molar refractivity (Wildman–Crippen MR) is 106 cm³/mol. The van der Waals surface area contributed by atoms with Crippen molar-refractivity contribution in [2.45, 2.75) is 18.2 Å². The Kier molecular flexibility index (Phi) is 8.18. The van der Waals surface area contributed by atoms with Crippen molar-refractivity contribution in [1.29, 1.82) is 0 Å². The first-order valence-electron chi connectivity index (χ1n) is 8.51. The van der Waals surface area contributed by atoms with E-state index in [0.717, 1.165) is 16.2 Å². The molecule has 2 rings (SSSR count). The average molecular weight is 372 g/mol. The van der Waals surface area contributed by atoms with Crippen LogP contribution in [0.2, 0.25) is 0 Å². The molecule has 2 aromatic carbocycles. The first-order valence-corrected chi connectivity index (χ1v) is 9.50. The molecule has 0 spiro atoms. The maximum atomic E-state index is 12.5. The summed E-state index contributed by atoms with van der Waals surface area (Å²) in [5.41, 5.74) is 2.26. The highest BCUT2D eigenvalue weighted by atomic mass is 32.2. The number of carbonyl (C=O) groups excluding carboxylic acids is 2. The van der Waals surface area contributed by atoms with Crippen LogP contribution in [0.1, 0.15) is 22.8 Å². The largest absolute Gasteiger partial charge is 0.383 e. The van der Waals surface area contributed by atoms with Crippen molar-refractivity contribution in [2.75, 3.05) is 31.3 Å². The number of methoxy groups -OCH3 is 1. The summed E-state index contributed by atoms with van der Waals surface area (Å²) in [6.07, 6.45) is 0.300. The van der Waals surface area contributed by atoms with Gasteiger partial charge in [-0.05, 0) is 35.6 Å². The molecule has 0 fully saturated rings. The van der Waals surface area contributed by atoms with Gasteiger partial charge < -0.3 is 15.4 Å². The number of amides is 2. The van der Waals surface area contributed by atoms with E-state index in [0.29, 0.717) is 30.8 Å². The number of rotatable bonds is 9. The van der Waals surface area contributed by atoms with E-state index in [-0.39, 0.29) is 11.8 Å². The Bertz CT molecular complexity index is 732. The summed E-state index contributed by atoms with van der Waals surface area (Å²) < 4.78 is 4.90. The van der Waals surface area contributed by atoms with E-state index in [2.05, 4.69) is 17.6 Å². The molecule has 0 aliphatic rings. The number of ether oxygens (including phenoxy) is 1. The van der Waals surface area contributed by atoms with Crippen molar-refractivity contribution in [2.24, 2.45) is 0 Å². The second kappa shape index (κ2) is 10.6. The fraction of sp³-hybridized carbons (Fsp3) is 0.300. The van der Waals surface area contributed by atoms with E-state index >= 15 is 0 Å². The lowest BCUT2D eigenvalue weighted by atomic mass is 10.1. The SMILES string of the molecule is CCSc1ccccc1C(=O)Nc1ccc(CC(=O)NCCOC)cc1.